The Labute approximate surface area is 128 Å². The summed E-state index contributed by atoms with van der Waals surface area (Å²) >= 11 is 3.41. The minimum absolute atomic E-state index is 0.202. The van der Waals surface area contributed by atoms with Gasteiger partial charge in [-0.25, -0.2) is 0 Å². The number of hydrogen-bond donors (Lipinski definition) is 1. The standard InChI is InChI=1S/C15H21BrO4/c1-11-8-12(16)2-3-15(11)20-10-13(17)9-19-14-4-6-18-7-5-14/h2-3,8,13-14,17H,4-7,9-10H2,1H3/t13-/m1/s1. The Morgan fingerprint density at radius 2 is 2.10 bits per heavy atom. The van der Waals surface area contributed by atoms with Crippen LogP contribution in [0.15, 0.2) is 22.7 Å². The molecule has 1 aliphatic rings. The first kappa shape index (κ1) is 15.8. The maximum Gasteiger partial charge on any atom is 0.122 e. The average molecular weight is 345 g/mol. The van der Waals surface area contributed by atoms with E-state index in [4.69, 9.17) is 14.2 Å². The van der Waals surface area contributed by atoms with Gasteiger partial charge in [-0.3, -0.25) is 0 Å². The van der Waals surface area contributed by atoms with Crippen LogP contribution in [0.2, 0.25) is 0 Å². The second kappa shape index (κ2) is 7.98. The first-order chi connectivity index (χ1) is 9.65. The summed E-state index contributed by atoms with van der Waals surface area (Å²) in [6.45, 7) is 4.02. The van der Waals surface area contributed by atoms with Gasteiger partial charge in [0.1, 0.15) is 18.5 Å². The number of benzene rings is 1. The van der Waals surface area contributed by atoms with Crippen LogP contribution in [0.4, 0.5) is 0 Å². The van der Waals surface area contributed by atoms with E-state index in [1.165, 1.54) is 0 Å². The van der Waals surface area contributed by atoms with E-state index < -0.39 is 6.10 Å². The number of ether oxygens (including phenoxy) is 3. The first-order valence-electron chi connectivity index (χ1n) is 6.91. The molecule has 0 bridgehead atoms. The van der Waals surface area contributed by atoms with Gasteiger partial charge in [0.25, 0.3) is 0 Å². The van der Waals surface area contributed by atoms with E-state index >= 15 is 0 Å². The fraction of sp³-hybridized carbons (Fsp3) is 0.600. The van der Waals surface area contributed by atoms with Gasteiger partial charge >= 0.3 is 0 Å². The lowest BCUT2D eigenvalue weighted by molar-refractivity contribution is -0.0659. The Morgan fingerprint density at radius 3 is 2.80 bits per heavy atom. The van der Waals surface area contributed by atoms with Crippen molar-refractivity contribution in [2.45, 2.75) is 32.0 Å². The van der Waals surface area contributed by atoms with Crippen LogP contribution < -0.4 is 4.74 Å². The van der Waals surface area contributed by atoms with Gasteiger partial charge in [-0.2, -0.15) is 0 Å². The van der Waals surface area contributed by atoms with Crippen molar-refractivity contribution in [2.24, 2.45) is 0 Å². The molecule has 1 atom stereocenters. The minimum Gasteiger partial charge on any atom is -0.491 e. The van der Waals surface area contributed by atoms with E-state index in [2.05, 4.69) is 15.9 Å². The van der Waals surface area contributed by atoms with E-state index in [0.29, 0.717) is 6.61 Å². The molecule has 112 valence electrons. The highest BCUT2D eigenvalue weighted by Crippen LogP contribution is 2.22. The number of rotatable bonds is 6. The zero-order valence-corrected chi connectivity index (χ0v) is 13.3. The van der Waals surface area contributed by atoms with Crippen LogP contribution in [-0.4, -0.2) is 43.7 Å². The molecule has 0 radical (unpaired) electrons. The van der Waals surface area contributed by atoms with Crippen molar-refractivity contribution >= 4 is 15.9 Å². The molecule has 1 aromatic rings. The molecular weight excluding hydrogens is 324 g/mol. The van der Waals surface area contributed by atoms with Crippen LogP contribution in [0.3, 0.4) is 0 Å². The minimum atomic E-state index is -0.610. The molecule has 0 spiro atoms. The summed E-state index contributed by atoms with van der Waals surface area (Å²) in [5.74, 6) is 0.790. The molecule has 1 fully saturated rings. The Bertz CT molecular complexity index is 418. The molecule has 20 heavy (non-hydrogen) atoms. The number of aryl methyl sites for hydroxylation is 1. The van der Waals surface area contributed by atoms with E-state index in [0.717, 1.165) is 41.8 Å². The van der Waals surface area contributed by atoms with Crippen molar-refractivity contribution in [3.8, 4) is 5.75 Å². The van der Waals surface area contributed by atoms with Gasteiger partial charge in [0, 0.05) is 17.7 Å². The zero-order chi connectivity index (χ0) is 14.4. The smallest absolute Gasteiger partial charge is 0.122 e. The quantitative estimate of drug-likeness (QED) is 0.861. The van der Waals surface area contributed by atoms with Crippen LogP contribution in [-0.2, 0) is 9.47 Å². The van der Waals surface area contributed by atoms with E-state index in [1.807, 2.05) is 25.1 Å². The molecule has 1 aliphatic heterocycles. The normalized spacial score (nSPS) is 17.9. The summed E-state index contributed by atoms with van der Waals surface area (Å²) in [6, 6.07) is 5.80. The van der Waals surface area contributed by atoms with E-state index in [1.54, 1.807) is 0 Å². The number of aliphatic hydroxyl groups excluding tert-OH is 1. The monoisotopic (exact) mass is 344 g/mol. The molecule has 0 saturated carbocycles. The van der Waals surface area contributed by atoms with Crippen molar-refractivity contribution in [3.05, 3.63) is 28.2 Å². The Balaban J connectivity index is 1.70. The third-order valence-corrected chi connectivity index (χ3v) is 3.75. The highest BCUT2D eigenvalue weighted by Gasteiger charge is 2.16. The molecule has 1 saturated heterocycles. The maximum absolute atomic E-state index is 9.90. The summed E-state index contributed by atoms with van der Waals surface area (Å²) in [4.78, 5) is 0. The molecule has 1 N–H and O–H groups in total. The van der Waals surface area contributed by atoms with Crippen molar-refractivity contribution < 1.29 is 19.3 Å². The Kier molecular flexibility index (Phi) is 6.29. The molecular formula is C15H21BrO4. The molecule has 0 aromatic heterocycles. The Morgan fingerprint density at radius 1 is 1.35 bits per heavy atom. The maximum atomic E-state index is 9.90. The summed E-state index contributed by atoms with van der Waals surface area (Å²) in [6.07, 6.45) is 1.40. The van der Waals surface area contributed by atoms with Crippen LogP contribution in [0, 0.1) is 6.92 Å². The topological polar surface area (TPSA) is 47.9 Å². The lowest BCUT2D eigenvalue weighted by Gasteiger charge is -2.23. The van der Waals surface area contributed by atoms with Gasteiger partial charge in [-0.05, 0) is 43.5 Å². The van der Waals surface area contributed by atoms with Crippen LogP contribution in [0.1, 0.15) is 18.4 Å². The average Bonchev–Trinajstić information content (AvgIpc) is 2.45. The van der Waals surface area contributed by atoms with Gasteiger partial charge in [0.15, 0.2) is 0 Å². The molecule has 5 heteroatoms. The van der Waals surface area contributed by atoms with Gasteiger partial charge < -0.3 is 19.3 Å². The van der Waals surface area contributed by atoms with Gasteiger partial charge in [0.2, 0.25) is 0 Å². The van der Waals surface area contributed by atoms with Crippen LogP contribution in [0.25, 0.3) is 0 Å². The number of hydrogen-bond acceptors (Lipinski definition) is 4. The fourth-order valence-electron chi connectivity index (χ4n) is 2.10. The SMILES string of the molecule is Cc1cc(Br)ccc1OC[C@H](O)COC1CCOCC1. The van der Waals surface area contributed by atoms with Gasteiger partial charge in [0.05, 0.1) is 12.7 Å². The lowest BCUT2D eigenvalue weighted by Crippen LogP contribution is -2.30. The molecule has 0 unspecified atom stereocenters. The largest absolute Gasteiger partial charge is 0.491 e. The van der Waals surface area contributed by atoms with Crippen LogP contribution >= 0.6 is 15.9 Å². The zero-order valence-electron chi connectivity index (χ0n) is 11.7. The predicted octanol–water partition coefficient (Wildman–Crippen LogP) is 2.69. The van der Waals surface area contributed by atoms with Crippen molar-refractivity contribution in [1.29, 1.82) is 0 Å². The Hall–Kier alpha value is -0.620. The third-order valence-electron chi connectivity index (χ3n) is 3.26. The molecule has 0 aliphatic carbocycles. The highest BCUT2D eigenvalue weighted by atomic mass is 79.9. The highest BCUT2D eigenvalue weighted by molar-refractivity contribution is 9.10. The van der Waals surface area contributed by atoms with Crippen molar-refractivity contribution in [3.63, 3.8) is 0 Å². The molecule has 1 aromatic carbocycles. The first-order valence-corrected chi connectivity index (χ1v) is 7.71. The van der Waals surface area contributed by atoms with Gasteiger partial charge in [-0.15, -0.1) is 0 Å². The van der Waals surface area contributed by atoms with Gasteiger partial charge in [-0.1, -0.05) is 15.9 Å². The second-order valence-corrected chi connectivity index (χ2v) is 5.94. The summed E-state index contributed by atoms with van der Waals surface area (Å²) in [5, 5.41) is 9.90. The van der Waals surface area contributed by atoms with Crippen molar-refractivity contribution in [2.75, 3.05) is 26.4 Å². The molecule has 1 heterocycles. The lowest BCUT2D eigenvalue weighted by atomic mass is 10.1. The second-order valence-electron chi connectivity index (χ2n) is 5.02. The fourth-order valence-corrected chi connectivity index (χ4v) is 2.57. The van der Waals surface area contributed by atoms with E-state index in [9.17, 15) is 5.11 Å². The van der Waals surface area contributed by atoms with Crippen LogP contribution in [0.5, 0.6) is 5.75 Å². The molecule has 2 rings (SSSR count). The molecule has 0 amide bonds. The third kappa shape index (κ3) is 5.05. The summed E-state index contributed by atoms with van der Waals surface area (Å²) < 4.78 is 17.6. The predicted molar refractivity (Wildman–Crippen MR) is 80.2 cm³/mol. The summed E-state index contributed by atoms with van der Waals surface area (Å²) in [5.41, 5.74) is 1.04. The molecule has 4 nitrogen and oxygen atoms in total. The number of aliphatic hydroxyl groups is 1. The summed E-state index contributed by atoms with van der Waals surface area (Å²) in [7, 11) is 0. The van der Waals surface area contributed by atoms with E-state index in [-0.39, 0.29) is 12.7 Å². The number of halogens is 1. The van der Waals surface area contributed by atoms with Crippen molar-refractivity contribution in [1.82, 2.24) is 0 Å².